The summed E-state index contributed by atoms with van der Waals surface area (Å²) >= 11 is 0. The quantitative estimate of drug-likeness (QED) is 0.774. The Hall–Kier alpha value is -2.02. The fourth-order valence-electron chi connectivity index (χ4n) is 2.48. The van der Waals surface area contributed by atoms with Crippen molar-refractivity contribution in [2.24, 2.45) is 5.92 Å². The van der Waals surface area contributed by atoms with Gasteiger partial charge in [-0.05, 0) is 31.4 Å². The Labute approximate surface area is 120 Å². The maximum absolute atomic E-state index is 11.9. The number of ether oxygens (including phenoxy) is 1. The molecule has 0 spiro atoms. The van der Waals surface area contributed by atoms with Gasteiger partial charge in [-0.15, -0.1) is 0 Å². The zero-order valence-electron chi connectivity index (χ0n) is 11.8. The molecule has 0 N–H and O–H groups in total. The molecule has 0 bridgehead atoms. The number of rotatable bonds is 5. The number of benzene rings is 1. The van der Waals surface area contributed by atoms with Gasteiger partial charge in [0.25, 0.3) is 0 Å². The van der Waals surface area contributed by atoms with Crippen LogP contribution in [0.5, 0.6) is 5.75 Å². The van der Waals surface area contributed by atoms with Crippen LogP contribution in [-0.2, 0) is 4.79 Å². The van der Waals surface area contributed by atoms with E-state index in [0.29, 0.717) is 17.9 Å². The van der Waals surface area contributed by atoms with Gasteiger partial charge in [0.2, 0.25) is 5.91 Å². The molecular weight excluding hydrogens is 252 g/mol. The molecule has 1 fully saturated rings. The van der Waals surface area contributed by atoms with Crippen molar-refractivity contribution in [1.29, 1.82) is 5.26 Å². The molecule has 0 radical (unpaired) electrons. The molecule has 2 rings (SSSR count). The minimum atomic E-state index is 0.156. The van der Waals surface area contributed by atoms with Gasteiger partial charge >= 0.3 is 0 Å². The highest BCUT2D eigenvalue weighted by atomic mass is 16.5. The van der Waals surface area contributed by atoms with Crippen molar-refractivity contribution < 1.29 is 9.53 Å². The number of nitriles is 1. The first-order valence-electron chi connectivity index (χ1n) is 7.13. The van der Waals surface area contributed by atoms with Gasteiger partial charge in [0.1, 0.15) is 11.8 Å². The van der Waals surface area contributed by atoms with Crippen molar-refractivity contribution in [1.82, 2.24) is 4.90 Å². The number of amides is 1. The minimum Gasteiger partial charge on any atom is -0.492 e. The van der Waals surface area contributed by atoms with E-state index in [1.807, 2.05) is 24.0 Å². The van der Waals surface area contributed by atoms with E-state index in [1.54, 1.807) is 12.1 Å². The van der Waals surface area contributed by atoms with E-state index < -0.39 is 0 Å². The Kier molecular flexibility index (Phi) is 5.00. The molecule has 1 amide bonds. The Morgan fingerprint density at radius 1 is 1.45 bits per heavy atom. The summed E-state index contributed by atoms with van der Waals surface area (Å²) in [5.41, 5.74) is 0.551. The normalized spacial score (nSPS) is 18.7. The maximum Gasteiger partial charge on any atom is 0.225 e. The lowest BCUT2D eigenvalue weighted by Gasteiger charge is -2.30. The molecule has 4 heteroatoms. The predicted molar refractivity (Wildman–Crippen MR) is 76.2 cm³/mol. The van der Waals surface area contributed by atoms with Crippen molar-refractivity contribution in [3.63, 3.8) is 0 Å². The summed E-state index contributed by atoms with van der Waals surface area (Å²) in [7, 11) is 0. The monoisotopic (exact) mass is 272 g/mol. The highest BCUT2D eigenvalue weighted by molar-refractivity contribution is 5.79. The van der Waals surface area contributed by atoms with Gasteiger partial charge in [0, 0.05) is 19.0 Å². The molecule has 1 aromatic rings. The largest absolute Gasteiger partial charge is 0.492 e. The van der Waals surface area contributed by atoms with Crippen LogP contribution in [0, 0.1) is 17.2 Å². The first-order chi connectivity index (χ1) is 9.72. The van der Waals surface area contributed by atoms with Gasteiger partial charge in [0.15, 0.2) is 0 Å². The smallest absolute Gasteiger partial charge is 0.225 e. The Morgan fingerprint density at radius 3 is 3.05 bits per heavy atom. The van der Waals surface area contributed by atoms with Gasteiger partial charge < -0.3 is 9.64 Å². The van der Waals surface area contributed by atoms with Crippen molar-refractivity contribution in [3.05, 3.63) is 29.8 Å². The Balaban J connectivity index is 1.77. The van der Waals surface area contributed by atoms with Crippen LogP contribution in [0.3, 0.4) is 0 Å². The molecule has 106 valence electrons. The summed E-state index contributed by atoms with van der Waals surface area (Å²) in [6.45, 7) is 4.11. The van der Waals surface area contributed by atoms with E-state index >= 15 is 0 Å². The standard InChI is InChI=1S/C16H20N2O2/c1-13-6-4-9-18(16(13)19)10-5-11-20-15-8-3-2-7-14(15)12-17/h2-3,7-8,13H,4-6,9-11H2,1H3. The second-order valence-corrected chi connectivity index (χ2v) is 5.18. The number of nitrogens with zero attached hydrogens (tertiary/aromatic N) is 2. The lowest BCUT2D eigenvalue weighted by molar-refractivity contribution is -0.137. The molecule has 1 heterocycles. The van der Waals surface area contributed by atoms with Crippen molar-refractivity contribution >= 4 is 5.91 Å². The number of carbonyl (C=O) groups is 1. The summed E-state index contributed by atoms with van der Waals surface area (Å²) < 4.78 is 5.62. The fraction of sp³-hybridized carbons (Fsp3) is 0.500. The second-order valence-electron chi connectivity index (χ2n) is 5.18. The lowest BCUT2D eigenvalue weighted by Crippen LogP contribution is -2.41. The maximum atomic E-state index is 11.9. The van der Waals surface area contributed by atoms with Crippen LogP contribution in [-0.4, -0.2) is 30.5 Å². The van der Waals surface area contributed by atoms with Gasteiger partial charge in [-0.25, -0.2) is 0 Å². The molecule has 1 atom stereocenters. The van der Waals surface area contributed by atoms with Crippen LogP contribution in [0.25, 0.3) is 0 Å². The van der Waals surface area contributed by atoms with Gasteiger partial charge in [-0.3, -0.25) is 4.79 Å². The summed E-state index contributed by atoms with van der Waals surface area (Å²) in [6.07, 6.45) is 2.88. The SMILES string of the molecule is CC1CCCN(CCCOc2ccccc2C#N)C1=O. The number of likely N-dealkylation sites (tertiary alicyclic amines) is 1. The van der Waals surface area contributed by atoms with E-state index in [4.69, 9.17) is 10.00 Å². The first-order valence-corrected chi connectivity index (χ1v) is 7.13. The van der Waals surface area contributed by atoms with Gasteiger partial charge in [-0.1, -0.05) is 19.1 Å². The molecule has 1 saturated heterocycles. The number of piperidine rings is 1. The molecule has 1 aromatic carbocycles. The zero-order valence-corrected chi connectivity index (χ0v) is 11.8. The van der Waals surface area contributed by atoms with Crippen molar-refractivity contribution in [2.75, 3.05) is 19.7 Å². The van der Waals surface area contributed by atoms with E-state index in [0.717, 1.165) is 32.4 Å². The molecule has 0 saturated carbocycles. The summed E-state index contributed by atoms with van der Waals surface area (Å²) in [4.78, 5) is 13.9. The van der Waals surface area contributed by atoms with Gasteiger partial charge in [0.05, 0.1) is 12.2 Å². The van der Waals surface area contributed by atoms with E-state index in [-0.39, 0.29) is 11.8 Å². The fourth-order valence-corrected chi connectivity index (χ4v) is 2.48. The third-order valence-corrected chi connectivity index (χ3v) is 3.64. The summed E-state index contributed by atoms with van der Waals surface area (Å²) in [6, 6.07) is 9.32. The van der Waals surface area contributed by atoms with E-state index in [1.165, 1.54) is 0 Å². The van der Waals surface area contributed by atoms with Crippen LogP contribution >= 0.6 is 0 Å². The predicted octanol–water partition coefficient (Wildman–Crippen LogP) is 2.59. The summed E-state index contributed by atoms with van der Waals surface area (Å²) in [5, 5.41) is 8.96. The average Bonchev–Trinajstić information content (AvgIpc) is 2.48. The van der Waals surface area contributed by atoms with Crippen molar-refractivity contribution in [2.45, 2.75) is 26.2 Å². The summed E-state index contributed by atoms with van der Waals surface area (Å²) in [5.74, 6) is 1.03. The molecule has 4 nitrogen and oxygen atoms in total. The third kappa shape index (κ3) is 3.51. The molecule has 1 aliphatic heterocycles. The Morgan fingerprint density at radius 2 is 2.25 bits per heavy atom. The number of hydrogen-bond donors (Lipinski definition) is 0. The number of para-hydroxylation sites is 1. The van der Waals surface area contributed by atoms with Crippen LogP contribution in [0.2, 0.25) is 0 Å². The van der Waals surface area contributed by atoms with Crippen molar-refractivity contribution in [3.8, 4) is 11.8 Å². The average molecular weight is 272 g/mol. The molecule has 0 aliphatic carbocycles. The second kappa shape index (κ2) is 6.95. The van der Waals surface area contributed by atoms with E-state index in [9.17, 15) is 4.79 Å². The topological polar surface area (TPSA) is 53.3 Å². The van der Waals surface area contributed by atoms with Crippen LogP contribution < -0.4 is 4.74 Å². The molecule has 1 unspecified atom stereocenters. The van der Waals surface area contributed by atoms with E-state index in [2.05, 4.69) is 6.07 Å². The zero-order chi connectivity index (χ0) is 14.4. The number of carbonyl (C=O) groups excluding carboxylic acids is 1. The lowest BCUT2D eigenvalue weighted by atomic mass is 9.99. The number of hydrogen-bond acceptors (Lipinski definition) is 3. The van der Waals surface area contributed by atoms with Crippen LogP contribution in [0.15, 0.2) is 24.3 Å². The minimum absolute atomic E-state index is 0.156. The molecular formula is C16H20N2O2. The highest BCUT2D eigenvalue weighted by Crippen LogP contribution is 2.18. The third-order valence-electron chi connectivity index (χ3n) is 3.64. The highest BCUT2D eigenvalue weighted by Gasteiger charge is 2.24. The van der Waals surface area contributed by atoms with Gasteiger partial charge in [-0.2, -0.15) is 5.26 Å². The van der Waals surface area contributed by atoms with Crippen LogP contribution in [0.1, 0.15) is 31.7 Å². The molecule has 1 aliphatic rings. The Bertz CT molecular complexity index is 507. The molecule has 0 aromatic heterocycles. The van der Waals surface area contributed by atoms with Crippen LogP contribution in [0.4, 0.5) is 0 Å². The molecule has 20 heavy (non-hydrogen) atoms. The first kappa shape index (κ1) is 14.4.